The number of carbonyl (C=O) groups excluding carboxylic acids is 2. The van der Waals surface area contributed by atoms with Crippen LogP contribution in [0.4, 0.5) is 5.69 Å². The molecule has 6 heteroatoms. The Balaban J connectivity index is 1.66. The molecule has 2 aromatic carbocycles. The maximum atomic E-state index is 12.7. The third-order valence-electron chi connectivity index (χ3n) is 4.50. The first kappa shape index (κ1) is 19.5. The Hall–Kier alpha value is -3.28. The van der Waals surface area contributed by atoms with Gasteiger partial charge in [0.1, 0.15) is 11.3 Å². The molecule has 0 bridgehead atoms. The van der Waals surface area contributed by atoms with Gasteiger partial charge in [0.2, 0.25) is 0 Å². The molecule has 0 aliphatic carbocycles. The first-order chi connectivity index (χ1) is 13.5. The maximum absolute atomic E-state index is 12.7. The highest BCUT2D eigenvalue weighted by Gasteiger charge is 2.24. The van der Waals surface area contributed by atoms with Gasteiger partial charge in [0.05, 0.1) is 19.8 Å². The fourth-order valence-electron chi connectivity index (χ4n) is 3.07. The lowest BCUT2D eigenvalue weighted by molar-refractivity contribution is -0.153. The van der Waals surface area contributed by atoms with Crippen LogP contribution in [-0.2, 0) is 20.7 Å². The Morgan fingerprint density at radius 3 is 2.57 bits per heavy atom. The maximum Gasteiger partial charge on any atom is 0.311 e. The van der Waals surface area contributed by atoms with Crippen LogP contribution in [0.15, 0.2) is 59.2 Å². The number of amides is 1. The molecule has 0 radical (unpaired) electrons. The minimum Gasteiger partial charge on any atom is -0.497 e. The lowest BCUT2D eigenvalue weighted by Crippen LogP contribution is -2.40. The van der Waals surface area contributed by atoms with Gasteiger partial charge in [-0.3, -0.25) is 9.59 Å². The average Bonchev–Trinajstić information content (AvgIpc) is 3.10. The molecule has 0 fully saturated rings. The largest absolute Gasteiger partial charge is 0.497 e. The Bertz CT molecular complexity index is 963. The van der Waals surface area contributed by atoms with Crippen LogP contribution in [0.5, 0.6) is 5.75 Å². The Morgan fingerprint density at radius 1 is 1.14 bits per heavy atom. The second-order valence-electron chi connectivity index (χ2n) is 6.35. The molecule has 0 spiro atoms. The van der Waals surface area contributed by atoms with Crippen LogP contribution in [0.1, 0.15) is 19.4 Å². The molecule has 3 rings (SSSR count). The lowest BCUT2D eigenvalue weighted by Gasteiger charge is -2.24. The summed E-state index contributed by atoms with van der Waals surface area (Å²) in [7, 11) is 1.58. The predicted molar refractivity (Wildman–Crippen MR) is 106 cm³/mol. The van der Waals surface area contributed by atoms with Crippen molar-refractivity contribution in [1.29, 1.82) is 0 Å². The van der Waals surface area contributed by atoms with Crippen molar-refractivity contribution in [2.75, 3.05) is 18.6 Å². The number of ether oxygens (including phenoxy) is 2. The number of hydrogen-bond donors (Lipinski definition) is 0. The van der Waals surface area contributed by atoms with E-state index in [9.17, 15) is 9.59 Å². The number of methoxy groups -OCH3 is 1. The number of para-hydroxylation sites is 1. The van der Waals surface area contributed by atoms with E-state index in [0.29, 0.717) is 23.4 Å². The predicted octanol–water partition coefficient (Wildman–Crippen LogP) is 3.97. The third kappa shape index (κ3) is 4.17. The number of furan rings is 1. The summed E-state index contributed by atoms with van der Waals surface area (Å²) < 4.78 is 16.0. The summed E-state index contributed by atoms with van der Waals surface area (Å²) in [5.74, 6) is -0.0666. The minimum atomic E-state index is -0.883. The molecule has 1 atom stereocenters. The van der Waals surface area contributed by atoms with Crippen molar-refractivity contribution in [1.82, 2.24) is 0 Å². The number of likely N-dealkylation sites (N-methyl/N-ethyl adjacent to an activating group) is 1. The zero-order valence-electron chi connectivity index (χ0n) is 16.2. The smallest absolute Gasteiger partial charge is 0.311 e. The normalized spacial score (nSPS) is 11.8. The molecule has 0 aliphatic heterocycles. The monoisotopic (exact) mass is 381 g/mol. The van der Waals surface area contributed by atoms with Gasteiger partial charge < -0.3 is 18.8 Å². The van der Waals surface area contributed by atoms with E-state index in [1.807, 2.05) is 43.3 Å². The number of hydrogen-bond acceptors (Lipinski definition) is 5. The quantitative estimate of drug-likeness (QED) is 0.579. The van der Waals surface area contributed by atoms with Crippen LogP contribution < -0.4 is 9.64 Å². The summed E-state index contributed by atoms with van der Waals surface area (Å²) >= 11 is 0. The van der Waals surface area contributed by atoms with Crippen molar-refractivity contribution in [3.63, 3.8) is 0 Å². The van der Waals surface area contributed by atoms with E-state index < -0.39 is 12.1 Å². The first-order valence-corrected chi connectivity index (χ1v) is 9.13. The number of esters is 1. The van der Waals surface area contributed by atoms with Crippen LogP contribution in [0.25, 0.3) is 11.0 Å². The van der Waals surface area contributed by atoms with Gasteiger partial charge in [-0.05, 0) is 38.1 Å². The average molecular weight is 381 g/mol. The van der Waals surface area contributed by atoms with Gasteiger partial charge in [-0.2, -0.15) is 0 Å². The molecule has 1 amide bonds. The van der Waals surface area contributed by atoms with Crippen molar-refractivity contribution in [2.24, 2.45) is 0 Å². The van der Waals surface area contributed by atoms with E-state index in [1.54, 1.807) is 31.1 Å². The van der Waals surface area contributed by atoms with Crippen molar-refractivity contribution < 1.29 is 23.5 Å². The summed E-state index contributed by atoms with van der Waals surface area (Å²) in [5, 5.41) is 0.816. The van der Waals surface area contributed by atoms with Gasteiger partial charge in [0, 0.05) is 29.2 Å². The molecule has 3 aromatic rings. The van der Waals surface area contributed by atoms with Crippen molar-refractivity contribution >= 4 is 28.5 Å². The second-order valence-corrected chi connectivity index (χ2v) is 6.35. The molecular formula is C22H23NO5. The highest BCUT2D eigenvalue weighted by atomic mass is 16.5. The van der Waals surface area contributed by atoms with Crippen molar-refractivity contribution in [2.45, 2.75) is 26.4 Å². The summed E-state index contributed by atoms with van der Waals surface area (Å²) in [5.41, 5.74) is 2.11. The fourth-order valence-corrected chi connectivity index (χ4v) is 3.07. The highest BCUT2D eigenvalue weighted by Crippen LogP contribution is 2.26. The van der Waals surface area contributed by atoms with E-state index >= 15 is 0 Å². The van der Waals surface area contributed by atoms with Crippen molar-refractivity contribution in [3.8, 4) is 5.75 Å². The molecule has 0 saturated carbocycles. The number of nitrogens with zero attached hydrogens (tertiary/aromatic N) is 1. The Kier molecular flexibility index (Phi) is 5.99. The van der Waals surface area contributed by atoms with E-state index in [-0.39, 0.29) is 12.3 Å². The van der Waals surface area contributed by atoms with Gasteiger partial charge in [0.25, 0.3) is 5.91 Å². The molecule has 146 valence electrons. The summed E-state index contributed by atoms with van der Waals surface area (Å²) in [4.78, 5) is 26.7. The van der Waals surface area contributed by atoms with E-state index in [0.717, 1.165) is 11.1 Å². The van der Waals surface area contributed by atoms with Gasteiger partial charge in [-0.25, -0.2) is 0 Å². The fraction of sp³-hybridized carbons (Fsp3) is 0.273. The lowest BCUT2D eigenvalue weighted by atomic mass is 10.1. The van der Waals surface area contributed by atoms with Gasteiger partial charge in [-0.15, -0.1) is 0 Å². The molecule has 1 heterocycles. The van der Waals surface area contributed by atoms with Crippen LogP contribution >= 0.6 is 0 Å². The van der Waals surface area contributed by atoms with Gasteiger partial charge in [-0.1, -0.05) is 18.2 Å². The van der Waals surface area contributed by atoms with Crippen LogP contribution in [-0.4, -0.2) is 31.6 Å². The van der Waals surface area contributed by atoms with Crippen LogP contribution in [0.3, 0.4) is 0 Å². The Morgan fingerprint density at radius 2 is 1.89 bits per heavy atom. The highest BCUT2D eigenvalue weighted by molar-refractivity contribution is 5.97. The summed E-state index contributed by atoms with van der Waals surface area (Å²) in [6.07, 6.45) is 0.667. The standard InChI is InChI=1S/C22H23NO5/c1-4-23(17-8-6-5-7-9-17)22(25)15(2)28-21(24)12-16-14-27-20-13-18(26-3)10-11-19(16)20/h5-11,13-15H,4,12H2,1-3H3/t15-/m1/s1. The van der Waals surface area contributed by atoms with Gasteiger partial charge in [0.15, 0.2) is 6.10 Å². The molecule has 0 saturated heterocycles. The Labute approximate surface area is 163 Å². The van der Waals surface area contributed by atoms with Crippen LogP contribution in [0, 0.1) is 0 Å². The molecule has 28 heavy (non-hydrogen) atoms. The minimum absolute atomic E-state index is 0.0222. The van der Waals surface area contributed by atoms with E-state index in [1.165, 1.54) is 6.26 Å². The molecule has 0 aliphatic rings. The number of anilines is 1. The zero-order chi connectivity index (χ0) is 20.1. The third-order valence-corrected chi connectivity index (χ3v) is 4.50. The molecule has 0 N–H and O–H groups in total. The molecule has 0 unspecified atom stereocenters. The second kappa shape index (κ2) is 8.61. The van der Waals surface area contributed by atoms with Crippen LogP contribution in [0.2, 0.25) is 0 Å². The first-order valence-electron chi connectivity index (χ1n) is 9.13. The number of fused-ring (bicyclic) bond motifs is 1. The zero-order valence-corrected chi connectivity index (χ0v) is 16.2. The number of benzene rings is 2. The van der Waals surface area contributed by atoms with Gasteiger partial charge >= 0.3 is 5.97 Å². The molecule has 1 aromatic heterocycles. The van der Waals surface area contributed by atoms with Crippen molar-refractivity contribution in [3.05, 3.63) is 60.4 Å². The number of rotatable bonds is 7. The SMILES string of the molecule is CCN(C(=O)[C@@H](C)OC(=O)Cc1coc2cc(OC)ccc12)c1ccccc1. The number of carbonyl (C=O) groups is 2. The summed E-state index contributed by atoms with van der Waals surface area (Å²) in [6.45, 7) is 3.95. The van der Waals surface area contributed by atoms with E-state index in [4.69, 9.17) is 13.9 Å². The molecular weight excluding hydrogens is 358 g/mol. The topological polar surface area (TPSA) is 69.0 Å². The summed E-state index contributed by atoms with van der Waals surface area (Å²) in [6, 6.07) is 14.7. The van der Waals surface area contributed by atoms with E-state index in [2.05, 4.69) is 0 Å². The molecule has 6 nitrogen and oxygen atoms in total.